The molecule has 0 saturated carbocycles. The average molecular weight is 260 g/mol. The van der Waals surface area contributed by atoms with Crippen LogP contribution < -0.4 is 4.74 Å². The van der Waals surface area contributed by atoms with Gasteiger partial charge in [-0.1, -0.05) is 34.6 Å². The highest BCUT2D eigenvalue weighted by molar-refractivity contribution is 5.99. The van der Waals surface area contributed by atoms with Gasteiger partial charge in [-0.3, -0.25) is 4.79 Å². The van der Waals surface area contributed by atoms with Crippen molar-refractivity contribution in [3.8, 4) is 5.75 Å². The van der Waals surface area contributed by atoms with Crippen LogP contribution in [0.5, 0.6) is 5.75 Å². The Bertz CT molecular complexity index is 519. The number of hydrogen-bond donors (Lipinski definition) is 0. The molecule has 2 rings (SSSR count). The molecule has 1 aromatic rings. The second-order valence-corrected chi connectivity index (χ2v) is 6.77. The molecule has 0 atom stereocenters. The fourth-order valence-corrected chi connectivity index (χ4v) is 2.66. The van der Waals surface area contributed by atoms with Crippen molar-refractivity contribution in [2.24, 2.45) is 5.92 Å². The quantitative estimate of drug-likeness (QED) is 0.749. The lowest BCUT2D eigenvalue weighted by Crippen LogP contribution is -2.17. The van der Waals surface area contributed by atoms with Gasteiger partial charge in [-0.2, -0.15) is 0 Å². The van der Waals surface area contributed by atoms with Crippen molar-refractivity contribution in [1.29, 1.82) is 0 Å². The summed E-state index contributed by atoms with van der Waals surface area (Å²) in [5.41, 5.74) is 4.38. The van der Waals surface area contributed by atoms with Gasteiger partial charge in [-0.05, 0) is 24.0 Å². The topological polar surface area (TPSA) is 26.3 Å². The minimum atomic E-state index is -0.00582. The van der Waals surface area contributed by atoms with Crippen molar-refractivity contribution in [1.82, 2.24) is 0 Å². The highest BCUT2D eigenvalue weighted by atomic mass is 16.5. The van der Waals surface area contributed by atoms with Crippen LogP contribution in [0.25, 0.3) is 0 Å². The Hall–Kier alpha value is -1.31. The predicted molar refractivity (Wildman–Crippen MR) is 78.2 cm³/mol. The van der Waals surface area contributed by atoms with Gasteiger partial charge >= 0.3 is 0 Å². The summed E-state index contributed by atoms with van der Waals surface area (Å²) in [6.07, 6.45) is 0.920. The zero-order chi connectivity index (χ0) is 14.4. The van der Waals surface area contributed by atoms with Crippen molar-refractivity contribution < 1.29 is 9.53 Å². The van der Waals surface area contributed by atoms with E-state index in [4.69, 9.17) is 4.74 Å². The van der Waals surface area contributed by atoms with Crippen molar-refractivity contribution in [2.75, 3.05) is 6.61 Å². The van der Waals surface area contributed by atoms with Gasteiger partial charge in [0.25, 0.3) is 0 Å². The fourth-order valence-electron chi connectivity index (χ4n) is 2.66. The number of benzene rings is 1. The predicted octanol–water partition coefficient (Wildman–Crippen LogP) is 4.07. The molecule has 104 valence electrons. The van der Waals surface area contributed by atoms with E-state index in [1.165, 1.54) is 5.56 Å². The van der Waals surface area contributed by atoms with Crippen LogP contribution in [0.15, 0.2) is 6.07 Å². The van der Waals surface area contributed by atoms with E-state index in [0.717, 1.165) is 35.5 Å². The van der Waals surface area contributed by atoms with Crippen molar-refractivity contribution in [3.05, 3.63) is 28.3 Å². The minimum absolute atomic E-state index is 0.00582. The number of ether oxygens (including phenoxy) is 1. The molecule has 2 nitrogen and oxygen atoms in total. The van der Waals surface area contributed by atoms with Gasteiger partial charge in [-0.15, -0.1) is 0 Å². The lowest BCUT2D eigenvalue weighted by molar-refractivity contribution is 0.0938. The summed E-state index contributed by atoms with van der Waals surface area (Å²) < 4.78 is 5.82. The molecule has 19 heavy (non-hydrogen) atoms. The normalized spacial score (nSPS) is 14.5. The molecule has 0 N–H and O–H groups in total. The number of fused-ring (bicyclic) bond motifs is 1. The Balaban J connectivity index is 2.68. The molecule has 0 aliphatic carbocycles. The summed E-state index contributed by atoms with van der Waals surface area (Å²) in [7, 11) is 0. The van der Waals surface area contributed by atoms with E-state index in [2.05, 4.69) is 33.8 Å². The zero-order valence-corrected chi connectivity index (χ0v) is 12.9. The largest absolute Gasteiger partial charge is 0.493 e. The molecule has 0 saturated heterocycles. The minimum Gasteiger partial charge on any atom is -0.493 e. The number of ketones is 1. The van der Waals surface area contributed by atoms with Gasteiger partial charge in [0.05, 0.1) is 6.61 Å². The third kappa shape index (κ3) is 2.41. The van der Waals surface area contributed by atoms with E-state index in [-0.39, 0.29) is 17.1 Å². The third-order valence-electron chi connectivity index (χ3n) is 3.86. The molecule has 0 fully saturated rings. The number of carbonyl (C=O) groups excluding carboxylic acids is 1. The van der Waals surface area contributed by atoms with Crippen LogP contribution in [0.4, 0.5) is 0 Å². The molecule has 0 unspecified atom stereocenters. The van der Waals surface area contributed by atoms with E-state index in [9.17, 15) is 4.79 Å². The number of Topliss-reactive ketones (excluding diaryl/α,β-unsaturated/α-hetero) is 1. The fraction of sp³-hybridized carbons (Fsp3) is 0.588. The lowest BCUT2D eigenvalue weighted by Gasteiger charge is -2.24. The van der Waals surface area contributed by atoms with Gasteiger partial charge < -0.3 is 4.74 Å². The summed E-state index contributed by atoms with van der Waals surface area (Å²) in [6, 6.07) is 2.06. The lowest BCUT2D eigenvalue weighted by atomic mass is 9.81. The van der Waals surface area contributed by atoms with E-state index in [1.54, 1.807) is 0 Å². The van der Waals surface area contributed by atoms with Crippen LogP contribution in [-0.2, 0) is 11.8 Å². The molecule has 0 aromatic heterocycles. The number of rotatable bonds is 2. The van der Waals surface area contributed by atoms with E-state index >= 15 is 0 Å². The first-order chi connectivity index (χ1) is 8.73. The first kappa shape index (κ1) is 14.1. The summed E-state index contributed by atoms with van der Waals surface area (Å²) in [5.74, 6) is 1.29. The Labute approximate surface area is 116 Å². The number of hydrogen-bond acceptors (Lipinski definition) is 2. The van der Waals surface area contributed by atoms with Crippen LogP contribution in [0.2, 0.25) is 0 Å². The molecule has 0 bridgehead atoms. The summed E-state index contributed by atoms with van der Waals surface area (Å²) in [4.78, 5) is 12.4. The molecule has 1 heterocycles. The Morgan fingerprint density at radius 2 is 1.95 bits per heavy atom. The number of carbonyl (C=O) groups is 1. The smallest absolute Gasteiger partial charge is 0.165 e. The molecular formula is C17H24O2. The van der Waals surface area contributed by atoms with Crippen LogP contribution >= 0.6 is 0 Å². The monoisotopic (exact) mass is 260 g/mol. The maximum Gasteiger partial charge on any atom is 0.165 e. The van der Waals surface area contributed by atoms with Gasteiger partial charge in [0.2, 0.25) is 0 Å². The van der Waals surface area contributed by atoms with Crippen LogP contribution in [-0.4, -0.2) is 12.4 Å². The maximum absolute atomic E-state index is 12.4. The van der Waals surface area contributed by atoms with Crippen LogP contribution in [0.1, 0.15) is 61.7 Å². The first-order valence-corrected chi connectivity index (χ1v) is 7.07. The Morgan fingerprint density at radius 3 is 2.47 bits per heavy atom. The van der Waals surface area contributed by atoms with Gasteiger partial charge in [0.1, 0.15) is 5.75 Å². The van der Waals surface area contributed by atoms with Gasteiger partial charge in [0.15, 0.2) is 5.78 Å². The van der Waals surface area contributed by atoms with Crippen LogP contribution in [0.3, 0.4) is 0 Å². The Kier molecular flexibility index (Phi) is 3.46. The molecule has 0 radical (unpaired) electrons. The molecule has 1 aromatic carbocycles. The molecule has 1 aliphatic rings. The second kappa shape index (κ2) is 4.66. The van der Waals surface area contributed by atoms with Gasteiger partial charge in [0, 0.05) is 29.0 Å². The van der Waals surface area contributed by atoms with Crippen molar-refractivity contribution in [2.45, 2.75) is 53.4 Å². The zero-order valence-electron chi connectivity index (χ0n) is 12.9. The molecule has 2 heteroatoms. The molecule has 1 aliphatic heterocycles. The van der Waals surface area contributed by atoms with E-state index in [1.807, 2.05) is 13.8 Å². The third-order valence-corrected chi connectivity index (χ3v) is 3.86. The van der Waals surface area contributed by atoms with Crippen molar-refractivity contribution >= 4 is 5.78 Å². The van der Waals surface area contributed by atoms with E-state index in [0.29, 0.717) is 0 Å². The summed E-state index contributed by atoms with van der Waals surface area (Å²) in [5, 5.41) is 0. The second-order valence-electron chi connectivity index (χ2n) is 6.77. The van der Waals surface area contributed by atoms with E-state index < -0.39 is 0 Å². The highest BCUT2D eigenvalue weighted by Gasteiger charge is 2.29. The average Bonchev–Trinajstić information content (AvgIpc) is 2.76. The summed E-state index contributed by atoms with van der Waals surface area (Å²) in [6.45, 7) is 13.2. The highest BCUT2D eigenvalue weighted by Crippen LogP contribution is 2.41. The molecule has 0 spiro atoms. The van der Waals surface area contributed by atoms with Crippen LogP contribution in [0, 0.1) is 12.8 Å². The maximum atomic E-state index is 12.4. The Morgan fingerprint density at radius 1 is 1.32 bits per heavy atom. The standard InChI is InChI=1S/C17H24O2/c1-10(2)15(18)13-9-14(17(4,5)6)16-12(11(13)3)7-8-19-16/h9-10H,7-8H2,1-6H3. The van der Waals surface area contributed by atoms with Crippen molar-refractivity contribution in [3.63, 3.8) is 0 Å². The molecule has 0 amide bonds. The van der Waals surface area contributed by atoms with Gasteiger partial charge in [-0.25, -0.2) is 0 Å². The molecular weight excluding hydrogens is 236 g/mol. The first-order valence-electron chi connectivity index (χ1n) is 7.07. The summed E-state index contributed by atoms with van der Waals surface area (Å²) >= 11 is 0. The SMILES string of the molecule is Cc1c(C(=O)C(C)C)cc(C(C)(C)C)c2c1CCO2.